The Morgan fingerprint density at radius 1 is 1.18 bits per heavy atom. The highest BCUT2D eigenvalue weighted by Crippen LogP contribution is 2.08. The van der Waals surface area contributed by atoms with Crippen LogP contribution in [-0.2, 0) is 0 Å². The molecular weight excluding hydrogens is 465 g/mol. The van der Waals surface area contributed by atoms with E-state index in [1.807, 2.05) is 30.3 Å². The summed E-state index contributed by atoms with van der Waals surface area (Å²) in [4.78, 5) is 12.1. The van der Waals surface area contributed by atoms with Crippen LogP contribution in [0.15, 0.2) is 35.3 Å². The summed E-state index contributed by atoms with van der Waals surface area (Å²) in [6.07, 6.45) is 0. The number of nitrogens with one attached hydrogen (secondary N) is 1. The molecule has 1 heterocycles. The van der Waals surface area contributed by atoms with Gasteiger partial charge < -0.3 is 19.9 Å². The number of guanidine groups is 1. The molecule has 1 atom stereocenters. The third kappa shape index (κ3) is 8.53. The van der Waals surface area contributed by atoms with Crippen LogP contribution < -0.4 is 10.1 Å². The number of aliphatic imine (C=N–C) groups is 1. The number of rotatable bonds is 9. The second-order valence-electron chi connectivity index (χ2n) is 7.10. The maximum Gasteiger partial charge on any atom is 0.193 e. The summed E-state index contributed by atoms with van der Waals surface area (Å²) in [5.74, 6) is 1.86. The lowest BCUT2D eigenvalue weighted by molar-refractivity contribution is 0.109. The van der Waals surface area contributed by atoms with Gasteiger partial charge in [0.25, 0.3) is 0 Å². The summed E-state index contributed by atoms with van der Waals surface area (Å²) in [7, 11) is 2.07. The molecule has 7 heteroatoms. The van der Waals surface area contributed by atoms with Crippen LogP contribution in [-0.4, -0.2) is 92.7 Å². The highest BCUT2D eigenvalue weighted by molar-refractivity contribution is 14.0. The summed E-state index contributed by atoms with van der Waals surface area (Å²) in [6.45, 7) is 15.5. The number of piperazine rings is 1. The van der Waals surface area contributed by atoms with E-state index < -0.39 is 0 Å². The predicted molar refractivity (Wildman–Crippen MR) is 129 cm³/mol. The Labute approximate surface area is 188 Å². The van der Waals surface area contributed by atoms with Gasteiger partial charge in [0.2, 0.25) is 0 Å². The predicted octanol–water partition coefficient (Wildman–Crippen LogP) is 2.61. The maximum absolute atomic E-state index is 5.81. The molecule has 1 aromatic rings. The van der Waals surface area contributed by atoms with Crippen LogP contribution in [0.1, 0.15) is 20.8 Å². The zero-order valence-electron chi connectivity index (χ0n) is 17.9. The molecule has 1 unspecified atom stereocenters. The fraction of sp³-hybridized carbons (Fsp3) is 0.667. The molecule has 0 amide bonds. The standard InChI is InChI=1S/C21H37N5O.HI/c1-5-22-21(24(4)16-17-27-20-10-8-7-9-11-20)23-18-19(3)26-14-12-25(6-2)13-15-26;/h7-11,19H,5-6,12-18H2,1-4H3,(H,22,23);1H. The third-order valence-electron chi connectivity index (χ3n) is 5.12. The molecule has 1 aromatic carbocycles. The fourth-order valence-corrected chi connectivity index (χ4v) is 3.25. The largest absolute Gasteiger partial charge is 0.492 e. The molecule has 28 heavy (non-hydrogen) atoms. The number of halogens is 1. The van der Waals surface area contributed by atoms with Gasteiger partial charge in [-0.1, -0.05) is 25.1 Å². The van der Waals surface area contributed by atoms with Gasteiger partial charge in [-0.15, -0.1) is 24.0 Å². The molecule has 0 aromatic heterocycles. The molecule has 0 saturated carbocycles. The van der Waals surface area contributed by atoms with E-state index in [4.69, 9.17) is 9.73 Å². The molecule has 1 N–H and O–H groups in total. The minimum Gasteiger partial charge on any atom is -0.492 e. The number of para-hydroxylation sites is 1. The van der Waals surface area contributed by atoms with E-state index in [0.29, 0.717) is 12.6 Å². The first-order valence-corrected chi connectivity index (χ1v) is 10.3. The summed E-state index contributed by atoms with van der Waals surface area (Å²) in [5, 5.41) is 3.40. The van der Waals surface area contributed by atoms with E-state index in [1.165, 1.54) is 13.1 Å². The average molecular weight is 503 g/mol. The molecule has 2 rings (SSSR count). The van der Waals surface area contributed by atoms with Crippen molar-refractivity contribution in [1.29, 1.82) is 0 Å². The van der Waals surface area contributed by atoms with Crippen LogP contribution in [0, 0.1) is 0 Å². The molecule has 1 aliphatic heterocycles. The Morgan fingerprint density at radius 3 is 2.46 bits per heavy atom. The van der Waals surface area contributed by atoms with Gasteiger partial charge in [0.1, 0.15) is 12.4 Å². The molecule has 0 aliphatic carbocycles. The lowest BCUT2D eigenvalue weighted by Crippen LogP contribution is -2.50. The van der Waals surface area contributed by atoms with E-state index in [2.05, 4.69) is 47.8 Å². The summed E-state index contributed by atoms with van der Waals surface area (Å²) >= 11 is 0. The zero-order chi connectivity index (χ0) is 19.5. The Bertz CT molecular complexity index is 549. The van der Waals surface area contributed by atoms with Crippen LogP contribution in [0.4, 0.5) is 0 Å². The van der Waals surface area contributed by atoms with Gasteiger partial charge in [0.15, 0.2) is 5.96 Å². The second-order valence-corrected chi connectivity index (χ2v) is 7.10. The lowest BCUT2D eigenvalue weighted by atomic mass is 10.2. The van der Waals surface area contributed by atoms with Gasteiger partial charge in [-0.3, -0.25) is 9.89 Å². The molecule has 1 aliphatic rings. The first-order chi connectivity index (χ1) is 13.1. The molecule has 1 fully saturated rings. The van der Waals surface area contributed by atoms with E-state index in [9.17, 15) is 0 Å². The van der Waals surface area contributed by atoms with Crippen molar-refractivity contribution in [2.45, 2.75) is 26.8 Å². The highest BCUT2D eigenvalue weighted by Gasteiger charge is 2.20. The van der Waals surface area contributed by atoms with Gasteiger partial charge in [-0.25, -0.2) is 0 Å². The van der Waals surface area contributed by atoms with Gasteiger partial charge in [0, 0.05) is 45.8 Å². The van der Waals surface area contributed by atoms with Crippen LogP contribution in [0.5, 0.6) is 5.75 Å². The smallest absolute Gasteiger partial charge is 0.193 e. The Hall–Kier alpha value is -1.06. The molecule has 6 nitrogen and oxygen atoms in total. The molecule has 1 saturated heterocycles. The van der Waals surface area contributed by atoms with Crippen molar-refractivity contribution in [3.63, 3.8) is 0 Å². The molecule has 0 radical (unpaired) electrons. The quantitative estimate of drug-likeness (QED) is 0.319. The Balaban J connectivity index is 0.00000392. The van der Waals surface area contributed by atoms with Crippen LogP contribution in [0.25, 0.3) is 0 Å². The van der Waals surface area contributed by atoms with Crippen molar-refractivity contribution in [2.24, 2.45) is 4.99 Å². The first kappa shape index (κ1) is 25.0. The van der Waals surface area contributed by atoms with Crippen molar-refractivity contribution in [1.82, 2.24) is 20.0 Å². The number of hydrogen-bond donors (Lipinski definition) is 1. The summed E-state index contributed by atoms with van der Waals surface area (Å²) in [5.41, 5.74) is 0. The molecule has 160 valence electrons. The highest BCUT2D eigenvalue weighted by atomic mass is 127. The zero-order valence-corrected chi connectivity index (χ0v) is 20.3. The molecule has 0 spiro atoms. The van der Waals surface area contributed by atoms with Crippen LogP contribution >= 0.6 is 24.0 Å². The number of ether oxygens (including phenoxy) is 1. The Morgan fingerprint density at radius 2 is 1.86 bits per heavy atom. The molecule has 0 bridgehead atoms. The van der Waals surface area contributed by atoms with E-state index in [1.54, 1.807) is 0 Å². The summed E-state index contributed by atoms with van der Waals surface area (Å²) in [6, 6.07) is 10.4. The fourth-order valence-electron chi connectivity index (χ4n) is 3.25. The third-order valence-corrected chi connectivity index (χ3v) is 5.12. The number of likely N-dealkylation sites (N-methyl/N-ethyl adjacent to an activating group) is 2. The monoisotopic (exact) mass is 503 g/mol. The van der Waals surface area contributed by atoms with E-state index >= 15 is 0 Å². The van der Waals surface area contributed by atoms with Crippen molar-refractivity contribution in [2.75, 3.05) is 66.0 Å². The van der Waals surface area contributed by atoms with Crippen molar-refractivity contribution < 1.29 is 4.74 Å². The summed E-state index contributed by atoms with van der Waals surface area (Å²) < 4.78 is 5.81. The van der Waals surface area contributed by atoms with Crippen molar-refractivity contribution in [3.05, 3.63) is 30.3 Å². The average Bonchev–Trinajstić information content (AvgIpc) is 2.71. The Kier molecular flexibility index (Phi) is 12.5. The first-order valence-electron chi connectivity index (χ1n) is 10.3. The minimum absolute atomic E-state index is 0. The minimum atomic E-state index is 0. The van der Waals surface area contributed by atoms with Crippen molar-refractivity contribution >= 4 is 29.9 Å². The van der Waals surface area contributed by atoms with Crippen LogP contribution in [0.2, 0.25) is 0 Å². The SMILES string of the molecule is CCNC(=NCC(C)N1CCN(CC)CC1)N(C)CCOc1ccccc1.I. The normalized spacial score (nSPS) is 16.9. The van der Waals surface area contributed by atoms with E-state index in [-0.39, 0.29) is 24.0 Å². The second kappa shape index (κ2) is 14.0. The number of benzene rings is 1. The maximum atomic E-state index is 5.81. The lowest BCUT2D eigenvalue weighted by Gasteiger charge is -2.37. The van der Waals surface area contributed by atoms with E-state index in [0.717, 1.165) is 51.0 Å². The van der Waals surface area contributed by atoms with Gasteiger partial charge in [-0.05, 0) is 32.5 Å². The van der Waals surface area contributed by atoms with Gasteiger partial charge >= 0.3 is 0 Å². The topological polar surface area (TPSA) is 43.3 Å². The van der Waals surface area contributed by atoms with Crippen molar-refractivity contribution in [3.8, 4) is 5.75 Å². The number of hydrogen-bond acceptors (Lipinski definition) is 4. The number of nitrogens with zero attached hydrogens (tertiary/aromatic N) is 4. The molecular formula is C21H38IN5O. The van der Waals surface area contributed by atoms with Gasteiger partial charge in [-0.2, -0.15) is 0 Å². The van der Waals surface area contributed by atoms with Crippen LogP contribution in [0.3, 0.4) is 0 Å². The van der Waals surface area contributed by atoms with Gasteiger partial charge in [0.05, 0.1) is 13.1 Å².